The normalized spacial score (nSPS) is 17.4. The largest absolute Gasteiger partial charge is 0.459 e. The lowest BCUT2D eigenvalue weighted by Crippen LogP contribution is -2.31. The van der Waals surface area contributed by atoms with E-state index in [0.717, 1.165) is 42.2 Å². The molecule has 0 amide bonds. The van der Waals surface area contributed by atoms with Crippen molar-refractivity contribution in [2.75, 3.05) is 18.4 Å². The van der Waals surface area contributed by atoms with Crippen LogP contribution in [0, 0.1) is 0 Å². The maximum Gasteiger partial charge on any atom is 0.170 e. The number of benzene rings is 2. The first-order valence-corrected chi connectivity index (χ1v) is 12.6. The molecule has 0 unspecified atom stereocenters. The first kappa shape index (κ1) is 23.7. The van der Waals surface area contributed by atoms with Crippen LogP contribution in [0.15, 0.2) is 89.5 Å². The Balaban J connectivity index is 1.40. The van der Waals surface area contributed by atoms with Gasteiger partial charge in [0.1, 0.15) is 17.6 Å². The summed E-state index contributed by atoms with van der Waals surface area (Å²) in [7, 11) is 0. The quantitative estimate of drug-likeness (QED) is 0.189. The van der Waals surface area contributed by atoms with Crippen LogP contribution in [0.4, 0.5) is 5.69 Å². The van der Waals surface area contributed by atoms with Crippen LogP contribution in [0.25, 0.3) is 11.3 Å². The summed E-state index contributed by atoms with van der Waals surface area (Å²) in [6.45, 7) is 1.58. The van der Waals surface area contributed by atoms with E-state index in [2.05, 4.69) is 32.7 Å². The molecule has 4 aromatic rings. The van der Waals surface area contributed by atoms with E-state index in [0.29, 0.717) is 20.9 Å². The first-order chi connectivity index (χ1) is 17.1. The Morgan fingerprint density at radius 2 is 1.80 bits per heavy atom. The van der Waals surface area contributed by atoms with Crippen molar-refractivity contribution >= 4 is 46.2 Å². The molecule has 1 aliphatic rings. The molecule has 3 heterocycles. The molecule has 0 aliphatic carbocycles. The number of nitrogens with one attached hydrogen (secondary N) is 2. The predicted molar refractivity (Wildman–Crippen MR) is 146 cm³/mol. The summed E-state index contributed by atoms with van der Waals surface area (Å²) in [6, 6.07) is 25.2. The molecule has 2 aromatic carbocycles. The number of anilines is 1. The molecule has 0 radical (unpaired) electrons. The zero-order valence-corrected chi connectivity index (χ0v) is 21.2. The molecule has 0 saturated carbocycles. The van der Waals surface area contributed by atoms with Crippen LogP contribution in [0.1, 0.15) is 30.0 Å². The van der Waals surface area contributed by atoms with Gasteiger partial charge in [0.05, 0.1) is 21.8 Å². The predicted octanol–water partition coefficient (Wildman–Crippen LogP) is 7.12. The average Bonchev–Trinajstić information content (AvgIpc) is 3.49. The van der Waals surface area contributed by atoms with Gasteiger partial charge in [0.25, 0.3) is 0 Å². The molecule has 2 atom stereocenters. The molecule has 0 bridgehead atoms. The number of aromatic nitrogens is 1. The Bertz CT molecular complexity index is 1300. The zero-order chi connectivity index (χ0) is 24.2. The lowest BCUT2D eigenvalue weighted by molar-refractivity contribution is 0.274. The van der Waals surface area contributed by atoms with Crippen molar-refractivity contribution in [3.05, 3.63) is 107 Å². The van der Waals surface area contributed by atoms with Crippen molar-refractivity contribution in [2.45, 2.75) is 18.5 Å². The molecule has 1 fully saturated rings. The van der Waals surface area contributed by atoms with E-state index in [-0.39, 0.29) is 12.1 Å². The van der Waals surface area contributed by atoms with E-state index in [1.54, 1.807) is 12.3 Å². The molecule has 35 heavy (non-hydrogen) atoms. The average molecular weight is 523 g/mol. The Hall–Kier alpha value is -3.06. The van der Waals surface area contributed by atoms with Crippen LogP contribution in [0.3, 0.4) is 0 Å². The van der Waals surface area contributed by atoms with E-state index < -0.39 is 0 Å². The van der Waals surface area contributed by atoms with E-state index in [4.69, 9.17) is 39.8 Å². The van der Waals surface area contributed by atoms with Crippen LogP contribution in [-0.4, -0.2) is 28.1 Å². The highest BCUT2D eigenvalue weighted by Gasteiger charge is 2.41. The molecular weight excluding hydrogens is 499 g/mol. The highest BCUT2D eigenvalue weighted by atomic mass is 35.5. The molecule has 5 rings (SSSR count). The van der Waals surface area contributed by atoms with Gasteiger partial charge in [-0.15, -0.1) is 0 Å². The minimum Gasteiger partial charge on any atom is -0.459 e. The van der Waals surface area contributed by atoms with E-state index >= 15 is 0 Å². The SMILES string of the molecule is S=C1N[C@@H](c2ccccn2)[C@H](c2ccc(-c3cccc(Cl)c3Cl)o2)N1CCCNc1ccccc1. The fourth-order valence-corrected chi connectivity index (χ4v) is 5.07. The van der Waals surface area contributed by atoms with Crippen LogP contribution in [0.5, 0.6) is 0 Å². The third-order valence-corrected chi connectivity index (χ3v) is 7.18. The lowest BCUT2D eigenvalue weighted by Gasteiger charge is -2.26. The summed E-state index contributed by atoms with van der Waals surface area (Å²) in [4.78, 5) is 6.77. The molecule has 8 heteroatoms. The minimum absolute atomic E-state index is 0.139. The second-order valence-corrected chi connectivity index (χ2v) is 9.44. The number of pyridine rings is 1. The van der Waals surface area contributed by atoms with Crippen LogP contribution >= 0.6 is 35.4 Å². The van der Waals surface area contributed by atoms with Crippen molar-refractivity contribution in [1.82, 2.24) is 15.2 Å². The number of hydrogen-bond donors (Lipinski definition) is 2. The zero-order valence-electron chi connectivity index (χ0n) is 18.8. The standard InChI is InChI=1S/C27H24Cl2N4OS/c28-20-11-6-10-19(24(20)29)22-13-14-23(34-22)26-25(21-12-4-5-15-31-21)32-27(35)33(26)17-7-16-30-18-8-2-1-3-9-18/h1-6,8-15,25-26,30H,7,16-17H2,(H,32,35)/t25-,26-/m0/s1. The minimum atomic E-state index is -0.152. The van der Waals surface area contributed by atoms with Gasteiger partial charge in [-0.1, -0.05) is 53.5 Å². The number of thiocarbonyl (C=S) groups is 1. The van der Waals surface area contributed by atoms with Crippen molar-refractivity contribution in [1.29, 1.82) is 0 Å². The van der Waals surface area contributed by atoms with Gasteiger partial charge < -0.3 is 20.0 Å². The maximum absolute atomic E-state index is 6.46. The van der Waals surface area contributed by atoms with Gasteiger partial charge in [-0.05, 0) is 67.2 Å². The van der Waals surface area contributed by atoms with Crippen molar-refractivity contribution < 1.29 is 4.42 Å². The topological polar surface area (TPSA) is 53.3 Å². The summed E-state index contributed by atoms with van der Waals surface area (Å²) in [5.41, 5.74) is 2.77. The van der Waals surface area contributed by atoms with Gasteiger partial charge in [-0.2, -0.15) is 0 Å². The molecular formula is C27H24Cl2N4OS. The van der Waals surface area contributed by atoms with E-state index in [9.17, 15) is 0 Å². The van der Waals surface area contributed by atoms with E-state index in [1.165, 1.54) is 0 Å². The third kappa shape index (κ3) is 5.15. The van der Waals surface area contributed by atoms with Gasteiger partial charge in [0, 0.05) is 30.5 Å². The number of nitrogens with zero attached hydrogens (tertiary/aromatic N) is 2. The maximum atomic E-state index is 6.46. The summed E-state index contributed by atoms with van der Waals surface area (Å²) < 4.78 is 6.37. The molecule has 1 saturated heterocycles. The Morgan fingerprint density at radius 1 is 0.971 bits per heavy atom. The summed E-state index contributed by atoms with van der Waals surface area (Å²) in [5, 5.41) is 8.58. The van der Waals surface area contributed by atoms with E-state index in [1.807, 2.05) is 60.7 Å². The highest BCUT2D eigenvalue weighted by molar-refractivity contribution is 7.80. The van der Waals surface area contributed by atoms with Gasteiger partial charge in [0.15, 0.2) is 5.11 Å². The molecule has 2 N–H and O–H groups in total. The van der Waals surface area contributed by atoms with Crippen LogP contribution < -0.4 is 10.6 Å². The second kappa shape index (κ2) is 10.7. The Labute approximate surface area is 220 Å². The van der Waals surface area contributed by atoms with Crippen LogP contribution in [-0.2, 0) is 0 Å². The summed E-state index contributed by atoms with van der Waals surface area (Å²) >= 11 is 18.5. The second-order valence-electron chi connectivity index (χ2n) is 8.27. The smallest absolute Gasteiger partial charge is 0.170 e. The molecule has 2 aromatic heterocycles. The fourth-order valence-electron chi connectivity index (χ4n) is 4.34. The van der Waals surface area contributed by atoms with Gasteiger partial charge in [0.2, 0.25) is 0 Å². The summed E-state index contributed by atoms with van der Waals surface area (Å²) in [5.74, 6) is 1.45. The number of furan rings is 1. The third-order valence-electron chi connectivity index (χ3n) is 6.01. The Kier molecular flexibility index (Phi) is 7.23. The molecule has 5 nitrogen and oxygen atoms in total. The van der Waals surface area contributed by atoms with Gasteiger partial charge in [-0.3, -0.25) is 4.98 Å². The monoisotopic (exact) mass is 522 g/mol. The van der Waals surface area contributed by atoms with Crippen molar-refractivity contribution in [2.24, 2.45) is 0 Å². The first-order valence-electron chi connectivity index (χ1n) is 11.4. The molecule has 1 aliphatic heterocycles. The van der Waals surface area contributed by atoms with Crippen molar-refractivity contribution in [3.63, 3.8) is 0 Å². The highest BCUT2D eigenvalue weighted by Crippen LogP contribution is 2.42. The summed E-state index contributed by atoms with van der Waals surface area (Å²) in [6.07, 6.45) is 2.69. The fraction of sp³-hybridized carbons (Fsp3) is 0.185. The van der Waals surface area contributed by atoms with Crippen LogP contribution in [0.2, 0.25) is 10.0 Å². The molecule has 0 spiro atoms. The number of para-hydroxylation sites is 1. The van der Waals surface area contributed by atoms with Gasteiger partial charge in [-0.25, -0.2) is 0 Å². The number of halogens is 2. The number of hydrogen-bond acceptors (Lipinski definition) is 4. The van der Waals surface area contributed by atoms with Gasteiger partial charge >= 0.3 is 0 Å². The Morgan fingerprint density at radius 3 is 2.60 bits per heavy atom. The molecule has 178 valence electrons. The van der Waals surface area contributed by atoms with Crippen molar-refractivity contribution in [3.8, 4) is 11.3 Å². The lowest BCUT2D eigenvalue weighted by atomic mass is 10.0. The number of rotatable bonds is 8.